The summed E-state index contributed by atoms with van der Waals surface area (Å²) in [5, 5.41) is 0. The minimum Gasteiger partial charge on any atom is -0.496 e. The van der Waals surface area contributed by atoms with Crippen LogP contribution in [0, 0.1) is 6.92 Å². The van der Waals surface area contributed by atoms with Gasteiger partial charge in [0.25, 0.3) is 0 Å². The third-order valence-corrected chi connectivity index (χ3v) is 6.28. The van der Waals surface area contributed by atoms with Gasteiger partial charge in [-0.25, -0.2) is 0 Å². The summed E-state index contributed by atoms with van der Waals surface area (Å²) in [5.41, 5.74) is 6.00. The largest absolute Gasteiger partial charge is 0.496 e. The highest BCUT2D eigenvalue weighted by molar-refractivity contribution is 7.98. The maximum absolute atomic E-state index is 5.63. The Hall–Kier alpha value is -1.41. The Kier molecular flexibility index (Phi) is 3.65. The summed E-state index contributed by atoms with van der Waals surface area (Å²) in [5.74, 6) is 3.72. The SMILES string of the molecule is COc1ccc(CSc2ccc(C)cc2)c2c1C1CCC2C1. The van der Waals surface area contributed by atoms with Crippen LogP contribution in [0.1, 0.15) is 53.4 Å². The minimum absolute atomic E-state index is 0.749. The highest BCUT2D eigenvalue weighted by Crippen LogP contribution is 2.57. The third-order valence-electron chi connectivity index (χ3n) is 5.22. The molecule has 0 heterocycles. The van der Waals surface area contributed by atoms with Crippen LogP contribution in [0.15, 0.2) is 41.3 Å². The smallest absolute Gasteiger partial charge is 0.122 e. The lowest BCUT2D eigenvalue weighted by Crippen LogP contribution is -2.04. The van der Waals surface area contributed by atoms with E-state index in [0.29, 0.717) is 0 Å². The maximum Gasteiger partial charge on any atom is 0.122 e. The van der Waals surface area contributed by atoms with Crippen LogP contribution < -0.4 is 4.74 Å². The zero-order valence-corrected chi connectivity index (χ0v) is 14.1. The Labute approximate surface area is 137 Å². The molecule has 0 aromatic heterocycles. The molecule has 0 N–H and O–H groups in total. The average Bonchev–Trinajstić information content (AvgIpc) is 3.16. The number of methoxy groups -OCH3 is 1. The van der Waals surface area contributed by atoms with Gasteiger partial charge in [-0.3, -0.25) is 0 Å². The van der Waals surface area contributed by atoms with E-state index in [1.54, 1.807) is 5.56 Å². The molecule has 2 heteroatoms. The number of aryl methyl sites for hydroxylation is 1. The topological polar surface area (TPSA) is 9.23 Å². The molecule has 2 aromatic carbocycles. The molecule has 0 saturated heterocycles. The van der Waals surface area contributed by atoms with Gasteiger partial charge >= 0.3 is 0 Å². The molecule has 2 aliphatic carbocycles. The van der Waals surface area contributed by atoms with Crippen LogP contribution in [0.5, 0.6) is 5.75 Å². The van der Waals surface area contributed by atoms with Crippen LogP contribution >= 0.6 is 11.8 Å². The van der Waals surface area contributed by atoms with Crippen molar-refractivity contribution < 1.29 is 4.74 Å². The fourth-order valence-electron chi connectivity index (χ4n) is 4.17. The van der Waals surface area contributed by atoms with Crippen molar-refractivity contribution in [1.82, 2.24) is 0 Å². The number of fused-ring (bicyclic) bond motifs is 5. The first-order valence-corrected chi connectivity index (χ1v) is 9.14. The Balaban J connectivity index is 1.62. The first kappa shape index (κ1) is 14.2. The standard InChI is InChI=1S/C20H22OS/c1-13-3-8-17(9-4-13)22-12-16-7-10-18(21-2)20-15-6-5-14(11-15)19(16)20/h3-4,7-10,14-15H,5-6,11-12H2,1-2H3. The van der Waals surface area contributed by atoms with Gasteiger partial charge in [-0.05, 0) is 67.3 Å². The van der Waals surface area contributed by atoms with Crippen molar-refractivity contribution in [1.29, 1.82) is 0 Å². The Morgan fingerprint density at radius 2 is 1.73 bits per heavy atom. The van der Waals surface area contributed by atoms with Gasteiger partial charge in [-0.2, -0.15) is 0 Å². The van der Waals surface area contributed by atoms with Crippen LogP contribution in [-0.4, -0.2) is 7.11 Å². The minimum atomic E-state index is 0.749. The lowest BCUT2D eigenvalue weighted by Gasteiger charge is -2.21. The van der Waals surface area contributed by atoms with Crippen molar-refractivity contribution in [2.24, 2.45) is 0 Å². The Morgan fingerprint density at radius 3 is 2.45 bits per heavy atom. The van der Waals surface area contributed by atoms with Crippen molar-refractivity contribution in [3.8, 4) is 5.75 Å². The van der Waals surface area contributed by atoms with Crippen LogP contribution in [-0.2, 0) is 5.75 Å². The van der Waals surface area contributed by atoms with Crippen molar-refractivity contribution in [3.05, 3.63) is 58.7 Å². The molecular formula is C20H22OS. The van der Waals surface area contributed by atoms with E-state index in [1.807, 2.05) is 18.9 Å². The predicted octanol–water partition coefficient (Wildman–Crippen LogP) is 5.66. The van der Waals surface area contributed by atoms with E-state index in [1.165, 1.54) is 40.8 Å². The van der Waals surface area contributed by atoms with Gasteiger partial charge in [0.15, 0.2) is 0 Å². The predicted molar refractivity (Wildman–Crippen MR) is 93.1 cm³/mol. The summed E-state index contributed by atoms with van der Waals surface area (Å²) in [4.78, 5) is 1.36. The summed E-state index contributed by atoms with van der Waals surface area (Å²) < 4.78 is 5.63. The second kappa shape index (κ2) is 5.66. The second-order valence-corrected chi connectivity index (χ2v) is 7.61. The maximum atomic E-state index is 5.63. The number of rotatable bonds is 4. The van der Waals surface area contributed by atoms with Gasteiger partial charge in [0.2, 0.25) is 0 Å². The van der Waals surface area contributed by atoms with Gasteiger partial charge in [0.05, 0.1) is 7.11 Å². The monoisotopic (exact) mass is 310 g/mol. The van der Waals surface area contributed by atoms with Crippen LogP contribution in [0.4, 0.5) is 0 Å². The van der Waals surface area contributed by atoms with Gasteiger partial charge in [0, 0.05) is 16.2 Å². The molecular weight excluding hydrogens is 288 g/mol. The highest BCUT2D eigenvalue weighted by atomic mass is 32.2. The normalized spacial score (nSPS) is 21.9. The Morgan fingerprint density at radius 1 is 1.00 bits per heavy atom. The molecule has 114 valence electrons. The Bertz CT molecular complexity index is 690. The van der Waals surface area contributed by atoms with Gasteiger partial charge in [-0.1, -0.05) is 23.8 Å². The van der Waals surface area contributed by atoms with Crippen LogP contribution in [0.25, 0.3) is 0 Å². The molecule has 0 aliphatic heterocycles. The van der Waals surface area contributed by atoms with Crippen LogP contribution in [0.2, 0.25) is 0 Å². The molecule has 2 unspecified atom stereocenters. The van der Waals surface area contributed by atoms with Gasteiger partial charge in [0.1, 0.15) is 5.75 Å². The van der Waals surface area contributed by atoms with Gasteiger partial charge < -0.3 is 4.74 Å². The van der Waals surface area contributed by atoms with Crippen molar-refractivity contribution in [2.45, 2.75) is 48.7 Å². The first-order chi connectivity index (χ1) is 10.8. The lowest BCUT2D eigenvalue weighted by molar-refractivity contribution is 0.405. The van der Waals surface area contributed by atoms with Crippen LogP contribution in [0.3, 0.4) is 0 Å². The summed E-state index contributed by atoms with van der Waals surface area (Å²) in [7, 11) is 1.81. The molecule has 0 amide bonds. The summed E-state index contributed by atoms with van der Waals surface area (Å²) >= 11 is 1.95. The number of benzene rings is 2. The van der Waals surface area contributed by atoms with Crippen molar-refractivity contribution in [2.75, 3.05) is 7.11 Å². The van der Waals surface area contributed by atoms with E-state index in [9.17, 15) is 0 Å². The van der Waals surface area contributed by atoms with E-state index in [0.717, 1.165) is 23.3 Å². The molecule has 1 nitrogen and oxygen atoms in total. The van der Waals surface area contributed by atoms with E-state index in [-0.39, 0.29) is 0 Å². The zero-order valence-electron chi connectivity index (χ0n) is 13.3. The molecule has 2 aromatic rings. The molecule has 22 heavy (non-hydrogen) atoms. The summed E-state index contributed by atoms with van der Waals surface area (Å²) in [6.07, 6.45) is 4.06. The zero-order chi connectivity index (χ0) is 15.1. The summed E-state index contributed by atoms with van der Waals surface area (Å²) in [6, 6.07) is 13.3. The molecule has 0 spiro atoms. The molecule has 4 rings (SSSR count). The third kappa shape index (κ3) is 2.34. The average molecular weight is 310 g/mol. The number of ether oxygens (including phenoxy) is 1. The molecule has 0 radical (unpaired) electrons. The molecule has 2 aliphatic rings. The van der Waals surface area contributed by atoms with E-state index in [2.05, 4.69) is 43.3 Å². The second-order valence-electron chi connectivity index (χ2n) is 6.56. The molecule has 2 bridgehead atoms. The molecule has 1 fully saturated rings. The van der Waals surface area contributed by atoms with E-state index in [4.69, 9.17) is 4.74 Å². The fourth-order valence-corrected chi connectivity index (χ4v) is 5.07. The summed E-state index contributed by atoms with van der Waals surface area (Å²) in [6.45, 7) is 2.14. The number of hydrogen-bond donors (Lipinski definition) is 0. The first-order valence-electron chi connectivity index (χ1n) is 8.15. The highest BCUT2D eigenvalue weighted by Gasteiger charge is 2.40. The van der Waals surface area contributed by atoms with Gasteiger partial charge in [-0.15, -0.1) is 11.8 Å². The number of thioether (sulfide) groups is 1. The number of hydrogen-bond acceptors (Lipinski definition) is 2. The molecule has 1 saturated carbocycles. The van der Waals surface area contributed by atoms with E-state index >= 15 is 0 Å². The quantitative estimate of drug-likeness (QED) is 0.674. The van der Waals surface area contributed by atoms with Crippen molar-refractivity contribution >= 4 is 11.8 Å². The lowest BCUT2D eigenvalue weighted by atomic mass is 9.88. The molecule has 2 atom stereocenters. The fraction of sp³-hybridized carbons (Fsp3) is 0.400. The van der Waals surface area contributed by atoms with Crippen molar-refractivity contribution in [3.63, 3.8) is 0 Å². The van der Waals surface area contributed by atoms with E-state index < -0.39 is 0 Å².